The monoisotopic (exact) mass is 182 g/mol. The van der Waals surface area contributed by atoms with Crippen LogP contribution in [0.15, 0.2) is 54.8 Å². The lowest BCUT2D eigenvalue weighted by Gasteiger charge is -2.08. The maximum absolute atomic E-state index is 4.00. The van der Waals surface area contributed by atoms with Crippen molar-refractivity contribution >= 4 is 5.70 Å². The van der Waals surface area contributed by atoms with Gasteiger partial charge in [-0.1, -0.05) is 36.4 Å². The molecular weight excluding hydrogens is 170 g/mol. The predicted molar refractivity (Wildman–Crippen MR) is 60.3 cm³/mol. The molecule has 1 N–H and O–H groups in total. The van der Waals surface area contributed by atoms with Crippen LogP contribution in [0.1, 0.15) is 11.1 Å². The number of hydrogen-bond donors (Lipinski definition) is 1. The highest BCUT2D eigenvalue weighted by molar-refractivity contribution is 5.69. The third-order valence-corrected chi connectivity index (χ3v) is 2.13. The summed E-state index contributed by atoms with van der Waals surface area (Å²) in [5, 5.41) is 3.22. The summed E-state index contributed by atoms with van der Waals surface area (Å²) in [5.41, 5.74) is 3.26. The number of nitrogens with one attached hydrogen (secondary N) is 1. The van der Waals surface area contributed by atoms with Gasteiger partial charge in [-0.2, -0.15) is 0 Å². The fourth-order valence-corrected chi connectivity index (χ4v) is 1.41. The summed E-state index contributed by atoms with van der Waals surface area (Å²) in [7, 11) is 0. The first kappa shape index (κ1) is 8.82. The summed E-state index contributed by atoms with van der Waals surface area (Å²) in [6.07, 6.45) is 9.94. The maximum Gasteiger partial charge on any atom is 0.0456 e. The van der Waals surface area contributed by atoms with Gasteiger partial charge in [0.25, 0.3) is 0 Å². The molecule has 0 saturated carbocycles. The van der Waals surface area contributed by atoms with E-state index < -0.39 is 0 Å². The standard InChI is InChI=1S/C13H12N/c1-11-7-4-5-8-12(11)13-9-3-2-6-10-14-13/h2-10,14H,1H2. The molecule has 0 spiro atoms. The molecule has 0 aliphatic carbocycles. The van der Waals surface area contributed by atoms with Gasteiger partial charge < -0.3 is 5.32 Å². The van der Waals surface area contributed by atoms with Crippen molar-refractivity contribution < 1.29 is 0 Å². The van der Waals surface area contributed by atoms with E-state index >= 15 is 0 Å². The zero-order valence-corrected chi connectivity index (χ0v) is 7.90. The van der Waals surface area contributed by atoms with Crippen LogP contribution in [0.3, 0.4) is 0 Å². The van der Waals surface area contributed by atoms with Crippen molar-refractivity contribution in [2.45, 2.75) is 0 Å². The third-order valence-electron chi connectivity index (χ3n) is 2.13. The molecule has 69 valence electrons. The Hall–Kier alpha value is -1.76. The Morgan fingerprint density at radius 3 is 2.71 bits per heavy atom. The molecule has 0 fully saturated rings. The van der Waals surface area contributed by atoms with Crippen molar-refractivity contribution in [3.8, 4) is 0 Å². The molecule has 1 heteroatoms. The average molecular weight is 182 g/mol. The average Bonchev–Trinajstić information content (AvgIpc) is 2.47. The highest BCUT2D eigenvalue weighted by Gasteiger charge is 2.01. The van der Waals surface area contributed by atoms with Gasteiger partial charge in [0.2, 0.25) is 0 Å². The molecule has 2 rings (SSSR count). The van der Waals surface area contributed by atoms with Crippen molar-refractivity contribution in [2.75, 3.05) is 0 Å². The SMILES string of the molecule is [CH2]c1ccccc1C1=CC=CC=CN1. The van der Waals surface area contributed by atoms with Crippen molar-refractivity contribution in [2.24, 2.45) is 0 Å². The summed E-state index contributed by atoms with van der Waals surface area (Å²) in [6, 6.07) is 8.09. The van der Waals surface area contributed by atoms with Gasteiger partial charge in [0.1, 0.15) is 0 Å². The number of rotatable bonds is 1. The minimum absolute atomic E-state index is 1.04. The van der Waals surface area contributed by atoms with E-state index in [4.69, 9.17) is 0 Å². The van der Waals surface area contributed by atoms with Crippen molar-refractivity contribution in [3.05, 3.63) is 72.8 Å². The van der Waals surface area contributed by atoms with Crippen LogP contribution in [0.2, 0.25) is 0 Å². The first-order valence-corrected chi connectivity index (χ1v) is 4.59. The van der Waals surface area contributed by atoms with E-state index in [0.717, 1.165) is 16.8 Å². The minimum Gasteiger partial charge on any atom is -0.361 e. The predicted octanol–water partition coefficient (Wildman–Crippen LogP) is 2.88. The van der Waals surface area contributed by atoms with E-state index in [1.807, 2.05) is 48.7 Å². The first-order chi connectivity index (χ1) is 6.88. The van der Waals surface area contributed by atoms with Crippen molar-refractivity contribution in [1.29, 1.82) is 0 Å². The number of hydrogen-bond acceptors (Lipinski definition) is 1. The number of allylic oxidation sites excluding steroid dienone is 4. The molecular formula is C13H12N. The van der Waals surface area contributed by atoms with E-state index in [1.165, 1.54) is 0 Å². The second kappa shape index (κ2) is 3.97. The molecule has 0 saturated heterocycles. The molecule has 0 aromatic heterocycles. The first-order valence-electron chi connectivity index (χ1n) is 4.59. The van der Waals surface area contributed by atoms with Crippen LogP contribution in [-0.4, -0.2) is 0 Å². The van der Waals surface area contributed by atoms with Crippen LogP contribution in [0, 0.1) is 6.92 Å². The van der Waals surface area contributed by atoms with Crippen LogP contribution >= 0.6 is 0 Å². The highest BCUT2D eigenvalue weighted by atomic mass is 14.8. The molecule has 0 bridgehead atoms. The zero-order valence-electron chi connectivity index (χ0n) is 7.90. The summed E-state index contributed by atoms with van der Waals surface area (Å²) in [4.78, 5) is 0. The fraction of sp³-hybridized carbons (Fsp3) is 0. The highest BCUT2D eigenvalue weighted by Crippen LogP contribution is 2.17. The van der Waals surface area contributed by atoms with Crippen LogP contribution < -0.4 is 5.32 Å². The third kappa shape index (κ3) is 1.77. The van der Waals surface area contributed by atoms with Gasteiger partial charge in [-0.15, -0.1) is 0 Å². The second-order valence-electron chi connectivity index (χ2n) is 3.13. The molecule has 0 atom stereocenters. The maximum atomic E-state index is 4.00. The molecule has 1 radical (unpaired) electrons. The van der Waals surface area contributed by atoms with Gasteiger partial charge in [-0.3, -0.25) is 0 Å². The van der Waals surface area contributed by atoms with Gasteiger partial charge in [0.15, 0.2) is 0 Å². The molecule has 1 aliphatic rings. The van der Waals surface area contributed by atoms with E-state index in [9.17, 15) is 0 Å². The van der Waals surface area contributed by atoms with Crippen LogP contribution in [0.4, 0.5) is 0 Å². The van der Waals surface area contributed by atoms with Crippen LogP contribution in [0.5, 0.6) is 0 Å². The largest absolute Gasteiger partial charge is 0.361 e. The summed E-state index contributed by atoms with van der Waals surface area (Å²) >= 11 is 0. The van der Waals surface area contributed by atoms with E-state index in [1.54, 1.807) is 0 Å². The molecule has 0 amide bonds. The summed E-state index contributed by atoms with van der Waals surface area (Å²) in [6.45, 7) is 4.00. The van der Waals surface area contributed by atoms with Crippen molar-refractivity contribution in [1.82, 2.24) is 5.32 Å². The fourth-order valence-electron chi connectivity index (χ4n) is 1.41. The Morgan fingerprint density at radius 2 is 1.86 bits per heavy atom. The van der Waals surface area contributed by atoms with E-state index in [-0.39, 0.29) is 0 Å². The molecule has 1 nitrogen and oxygen atoms in total. The molecule has 1 aromatic carbocycles. The second-order valence-corrected chi connectivity index (χ2v) is 3.13. The smallest absolute Gasteiger partial charge is 0.0456 e. The van der Waals surface area contributed by atoms with Gasteiger partial charge in [0, 0.05) is 17.5 Å². The van der Waals surface area contributed by atoms with Crippen molar-refractivity contribution in [3.63, 3.8) is 0 Å². The number of benzene rings is 1. The zero-order chi connectivity index (χ0) is 9.80. The van der Waals surface area contributed by atoms with Gasteiger partial charge >= 0.3 is 0 Å². The normalized spacial score (nSPS) is 14.5. The summed E-state index contributed by atoms with van der Waals surface area (Å²) < 4.78 is 0. The lowest BCUT2D eigenvalue weighted by molar-refractivity contribution is 1.21. The molecule has 1 aliphatic heterocycles. The minimum atomic E-state index is 1.04. The van der Waals surface area contributed by atoms with Crippen LogP contribution in [-0.2, 0) is 0 Å². The summed E-state index contributed by atoms with van der Waals surface area (Å²) in [5.74, 6) is 0. The molecule has 14 heavy (non-hydrogen) atoms. The van der Waals surface area contributed by atoms with Gasteiger partial charge in [0.05, 0.1) is 0 Å². The molecule has 1 heterocycles. The topological polar surface area (TPSA) is 12.0 Å². The van der Waals surface area contributed by atoms with Gasteiger partial charge in [-0.05, 0) is 24.6 Å². The molecule has 0 unspecified atom stereocenters. The lowest BCUT2D eigenvalue weighted by atomic mass is 10.1. The Kier molecular flexibility index (Phi) is 2.50. The Balaban J connectivity index is 2.40. The Morgan fingerprint density at radius 1 is 1.00 bits per heavy atom. The Labute approximate surface area is 84.5 Å². The Bertz CT molecular complexity index is 411. The quantitative estimate of drug-likeness (QED) is 0.704. The van der Waals surface area contributed by atoms with E-state index in [2.05, 4.69) is 18.3 Å². The molecule has 1 aromatic rings. The van der Waals surface area contributed by atoms with Crippen LogP contribution in [0.25, 0.3) is 5.70 Å². The lowest BCUT2D eigenvalue weighted by Crippen LogP contribution is -2.03. The van der Waals surface area contributed by atoms with Gasteiger partial charge in [-0.25, -0.2) is 0 Å². The van der Waals surface area contributed by atoms with E-state index in [0.29, 0.717) is 0 Å².